The minimum atomic E-state index is 0.166. The molecule has 2 aliphatic heterocycles. The molecule has 3 heterocycles. The number of amides is 1. The summed E-state index contributed by atoms with van der Waals surface area (Å²) in [6, 6.07) is 6.05. The van der Waals surface area contributed by atoms with Gasteiger partial charge in [0.1, 0.15) is 5.01 Å². The van der Waals surface area contributed by atoms with Crippen LogP contribution in [-0.2, 0) is 11.2 Å². The molecule has 6 heteroatoms. The van der Waals surface area contributed by atoms with Crippen molar-refractivity contribution in [2.24, 2.45) is 0 Å². The molecule has 1 unspecified atom stereocenters. The highest BCUT2D eigenvalue weighted by Crippen LogP contribution is 2.35. The van der Waals surface area contributed by atoms with Crippen LogP contribution in [0.4, 0.5) is 0 Å². The Balaban J connectivity index is 1.40. The van der Waals surface area contributed by atoms with Crippen LogP contribution in [0.5, 0.6) is 11.5 Å². The van der Waals surface area contributed by atoms with E-state index >= 15 is 0 Å². The topological polar surface area (TPSA) is 51.7 Å². The van der Waals surface area contributed by atoms with Gasteiger partial charge in [0.2, 0.25) is 12.7 Å². The van der Waals surface area contributed by atoms with Crippen molar-refractivity contribution in [3.63, 3.8) is 0 Å². The first-order valence-corrected chi connectivity index (χ1v) is 8.76. The number of carbonyl (C=O) groups is 1. The van der Waals surface area contributed by atoms with Crippen LogP contribution in [-0.4, -0.2) is 29.1 Å². The first-order valence-electron chi connectivity index (χ1n) is 7.88. The highest BCUT2D eigenvalue weighted by molar-refractivity contribution is 7.09. The molecule has 5 nitrogen and oxygen atoms in total. The van der Waals surface area contributed by atoms with Crippen molar-refractivity contribution in [2.45, 2.75) is 31.7 Å². The molecule has 1 amide bonds. The average Bonchev–Trinajstić information content (AvgIpc) is 3.32. The van der Waals surface area contributed by atoms with Gasteiger partial charge in [-0.2, -0.15) is 0 Å². The minimum absolute atomic E-state index is 0.166. The minimum Gasteiger partial charge on any atom is -0.454 e. The zero-order valence-corrected chi connectivity index (χ0v) is 13.6. The molecule has 4 rings (SSSR count). The Bertz CT molecular complexity index is 702. The summed E-state index contributed by atoms with van der Waals surface area (Å²) in [4.78, 5) is 19.0. The fourth-order valence-corrected chi connectivity index (χ4v) is 4.00. The van der Waals surface area contributed by atoms with Gasteiger partial charge in [0.25, 0.3) is 0 Å². The number of hydrogen-bond acceptors (Lipinski definition) is 5. The lowest BCUT2D eigenvalue weighted by Crippen LogP contribution is -2.30. The van der Waals surface area contributed by atoms with Crippen molar-refractivity contribution in [2.75, 3.05) is 13.3 Å². The van der Waals surface area contributed by atoms with Crippen LogP contribution >= 0.6 is 11.3 Å². The van der Waals surface area contributed by atoms with Gasteiger partial charge in [0, 0.05) is 24.5 Å². The predicted octanol–water partition coefficient (Wildman–Crippen LogP) is 3.17. The van der Waals surface area contributed by atoms with E-state index in [0.29, 0.717) is 6.42 Å². The van der Waals surface area contributed by atoms with E-state index in [1.54, 1.807) is 11.3 Å². The van der Waals surface area contributed by atoms with E-state index in [0.717, 1.165) is 47.9 Å². The van der Waals surface area contributed by atoms with Gasteiger partial charge in [-0.25, -0.2) is 4.98 Å². The van der Waals surface area contributed by atoms with Crippen LogP contribution in [0.3, 0.4) is 0 Å². The van der Waals surface area contributed by atoms with E-state index in [4.69, 9.17) is 9.47 Å². The molecule has 120 valence electrons. The molecule has 1 saturated heterocycles. The fraction of sp³-hybridized carbons (Fsp3) is 0.412. The summed E-state index contributed by atoms with van der Waals surface area (Å²) in [5.41, 5.74) is 1.10. The number of nitrogens with zero attached hydrogens (tertiary/aromatic N) is 2. The molecular weight excluding hydrogens is 312 g/mol. The van der Waals surface area contributed by atoms with Crippen LogP contribution in [0.15, 0.2) is 29.8 Å². The maximum atomic E-state index is 12.6. The Morgan fingerprint density at radius 3 is 3.13 bits per heavy atom. The summed E-state index contributed by atoms with van der Waals surface area (Å²) in [5, 5.41) is 3.03. The lowest BCUT2D eigenvalue weighted by molar-refractivity contribution is -0.132. The quantitative estimate of drug-likeness (QED) is 0.864. The molecule has 0 radical (unpaired) electrons. The van der Waals surface area contributed by atoms with Gasteiger partial charge in [-0.3, -0.25) is 4.79 Å². The van der Waals surface area contributed by atoms with Crippen molar-refractivity contribution < 1.29 is 14.3 Å². The van der Waals surface area contributed by atoms with Gasteiger partial charge < -0.3 is 14.4 Å². The lowest BCUT2D eigenvalue weighted by Gasteiger charge is -2.23. The zero-order valence-electron chi connectivity index (χ0n) is 12.7. The lowest BCUT2D eigenvalue weighted by atomic mass is 10.1. The molecule has 1 aromatic heterocycles. The van der Waals surface area contributed by atoms with Crippen LogP contribution in [0.2, 0.25) is 0 Å². The normalized spacial score (nSPS) is 19.3. The monoisotopic (exact) mass is 330 g/mol. The van der Waals surface area contributed by atoms with Crippen LogP contribution in [0.25, 0.3) is 0 Å². The van der Waals surface area contributed by atoms with Crippen molar-refractivity contribution in [3.8, 4) is 11.5 Å². The molecule has 23 heavy (non-hydrogen) atoms. The second kappa shape index (κ2) is 6.20. The smallest absolute Gasteiger partial charge is 0.231 e. The number of carbonyl (C=O) groups excluding carboxylic acids is 1. The van der Waals surface area contributed by atoms with E-state index in [1.807, 2.05) is 34.7 Å². The molecule has 0 bridgehead atoms. The maximum absolute atomic E-state index is 12.6. The highest BCUT2D eigenvalue weighted by atomic mass is 32.1. The van der Waals surface area contributed by atoms with Crippen molar-refractivity contribution in [1.29, 1.82) is 0 Å². The number of benzene rings is 1. The molecular formula is C17H18N2O3S. The second-order valence-corrected chi connectivity index (χ2v) is 6.73. The van der Waals surface area contributed by atoms with Crippen LogP contribution in [0, 0.1) is 0 Å². The Kier molecular flexibility index (Phi) is 3.91. The summed E-state index contributed by atoms with van der Waals surface area (Å²) in [6.07, 6.45) is 5.12. The standard InChI is InChI=1S/C17H18N2O3S/c20-16(19-8-1-2-13(19)17-18-7-9-23-17)6-4-12-3-5-14-15(10-12)22-11-21-14/h3,5,7,9-10,13H,1-2,4,6,8,11H2. The third-order valence-corrected chi connectivity index (χ3v) is 5.25. The van der Waals surface area contributed by atoms with Gasteiger partial charge in [0.15, 0.2) is 11.5 Å². The Morgan fingerprint density at radius 2 is 2.26 bits per heavy atom. The molecule has 0 aliphatic carbocycles. The van der Waals surface area contributed by atoms with Gasteiger partial charge in [-0.1, -0.05) is 6.07 Å². The Morgan fingerprint density at radius 1 is 1.35 bits per heavy atom. The van der Waals surface area contributed by atoms with E-state index in [-0.39, 0.29) is 18.7 Å². The first kappa shape index (κ1) is 14.5. The molecule has 1 atom stereocenters. The highest BCUT2D eigenvalue weighted by Gasteiger charge is 2.31. The number of thiazole rings is 1. The van der Waals surface area contributed by atoms with Gasteiger partial charge in [0.05, 0.1) is 6.04 Å². The summed E-state index contributed by atoms with van der Waals surface area (Å²) >= 11 is 1.63. The van der Waals surface area contributed by atoms with Crippen LogP contribution < -0.4 is 9.47 Å². The molecule has 1 aromatic carbocycles. The summed E-state index contributed by atoms with van der Waals surface area (Å²) in [7, 11) is 0. The first-order chi connectivity index (χ1) is 11.3. The molecule has 1 fully saturated rings. The van der Waals surface area contributed by atoms with E-state index in [2.05, 4.69) is 4.98 Å². The largest absolute Gasteiger partial charge is 0.454 e. The summed E-state index contributed by atoms with van der Waals surface area (Å²) in [5.74, 6) is 1.76. The van der Waals surface area contributed by atoms with Crippen molar-refractivity contribution >= 4 is 17.2 Å². The SMILES string of the molecule is O=C(CCc1ccc2c(c1)OCO2)N1CCCC1c1nccs1. The van der Waals surface area contributed by atoms with Crippen molar-refractivity contribution in [1.82, 2.24) is 9.88 Å². The number of hydrogen-bond donors (Lipinski definition) is 0. The third kappa shape index (κ3) is 2.91. The number of likely N-dealkylation sites (tertiary alicyclic amines) is 1. The molecule has 0 spiro atoms. The number of rotatable bonds is 4. The van der Waals surface area contributed by atoms with Gasteiger partial charge in [-0.15, -0.1) is 11.3 Å². The predicted molar refractivity (Wildman–Crippen MR) is 86.7 cm³/mol. The van der Waals surface area contributed by atoms with E-state index < -0.39 is 0 Å². The van der Waals surface area contributed by atoms with Gasteiger partial charge in [-0.05, 0) is 37.0 Å². The average molecular weight is 330 g/mol. The zero-order chi connectivity index (χ0) is 15.6. The fourth-order valence-electron chi connectivity index (χ4n) is 3.21. The molecule has 2 aromatic rings. The number of ether oxygens (including phenoxy) is 2. The van der Waals surface area contributed by atoms with E-state index in [1.165, 1.54) is 0 Å². The molecule has 0 saturated carbocycles. The number of fused-ring (bicyclic) bond motifs is 1. The number of aromatic nitrogens is 1. The molecule has 2 aliphatic rings. The van der Waals surface area contributed by atoms with E-state index in [9.17, 15) is 4.79 Å². The number of aryl methyl sites for hydroxylation is 1. The Hall–Kier alpha value is -2.08. The molecule has 0 N–H and O–H groups in total. The summed E-state index contributed by atoms with van der Waals surface area (Å²) < 4.78 is 10.7. The van der Waals surface area contributed by atoms with Gasteiger partial charge >= 0.3 is 0 Å². The van der Waals surface area contributed by atoms with Crippen LogP contribution in [0.1, 0.15) is 35.9 Å². The Labute approximate surface area is 138 Å². The summed E-state index contributed by atoms with van der Waals surface area (Å²) in [6.45, 7) is 1.12. The van der Waals surface area contributed by atoms with Crippen molar-refractivity contribution in [3.05, 3.63) is 40.3 Å². The maximum Gasteiger partial charge on any atom is 0.231 e. The second-order valence-electron chi connectivity index (χ2n) is 5.80. The third-order valence-electron chi connectivity index (χ3n) is 4.37.